The molecule has 3 aromatic rings. The van der Waals surface area contributed by atoms with Crippen LogP contribution in [0, 0.1) is 0 Å². The van der Waals surface area contributed by atoms with Gasteiger partial charge >= 0.3 is 0 Å². The van der Waals surface area contributed by atoms with E-state index in [1.165, 1.54) is 53.4 Å². The Labute approximate surface area is 157 Å². The summed E-state index contributed by atoms with van der Waals surface area (Å²) in [4.78, 5) is 0. The number of hydrogen-bond acceptors (Lipinski definition) is 0. The molecule has 0 saturated heterocycles. The predicted octanol–water partition coefficient (Wildman–Crippen LogP) is 5.88. The van der Waals surface area contributed by atoms with Gasteiger partial charge in [0.25, 0.3) is 0 Å². The minimum atomic E-state index is 1.13. The van der Waals surface area contributed by atoms with Crippen molar-refractivity contribution in [1.29, 1.82) is 0 Å². The molecule has 0 amide bonds. The highest BCUT2D eigenvalue weighted by molar-refractivity contribution is 6.05. The fourth-order valence-electron chi connectivity index (χ4n) is 3.64. The van der Waals surface area contributed by atoms with Crippen molar-refractivity contribution in [3.05, 3.63) is 60.2 Å². The Kier molecular flexibility index (Phi) is 6.27. The molecule has 136 valence electrons. The van der Waals surface area contributed by atoms with Crippen LogP contribution in [0.3, 0.4) is 0 Å². The van der Waals surface area contributed by atoms with Crippen LogP contribution in [0.25, 0.3) is 22.2 Å². The summed E-state index contributed by atoms with van der Waals surface area (Å²) in [7, 11) is 2.18. The minimum Gasteiger partial charge on any atom is -0.343 e. The molecule has 1 heterocycles. The summed E-state index contributed by atoms with van der Waals surface area (Å²) in [6.07, 6.45) is 7.36. The van der Waals surface area contributed by atoms with Crippen molar-refractivity contribution in [3.63, 3.8) is 0 Å². The first-order chi connectivity index (χ1) is 12.8. The van der Waals surface area contributed by atoms with E-state index >= 15 is 0 Å². The molecule has 1 aromatic heterocycles. The van der Waals surface area contributed by atoms with Crippen molar-refractivity contribution < 1.29 is 4.58 Å². The van der Waals surface area contributed by atoms with E-state index in [4.69, 9.17) is 0 Å². The molecule has 2 aromatic carbocycles. The smallest absolute Gasteiger partial charge is 0.173 e. The predicted molar refractivity (Wildman–Crippen MR) is 113 cm³/mol. The lowest BCUT2D eigenvalue weighted by Gasteiger charge is -2.07. The van der Waals surface area contributed by atoms with Crippen LogP contribution in [-0.2, 0) is 7.05 Å². The molecule has 0 N–H and O–H groups in total. The number of para-hydroxylation sites is 1. The van der Waals surface area contributed by atoms with Crippen molar-refractivity contribution in [2.75, 3.05) is 13.1 Å². The Balaban J connectivity index is 2.17. The second kappa shape index (κ2) is 8.84. The molecule has 2 heteroatoms. The number of aromatic nitrogens is 1. The van der Waals surface area contributed by atoms with Gasteiger partial charge in [-0.05, 0) is 11.6 Å². The molecule has 0 spiro atoms. The number of rotatable bonds is 8. The zero-order valence-electron chi connectivity index (χ0n) is 16.4. The van der Waals surface area contributed by atoms with Crippen LogP contribution in [-0.4, -0.2) is 28.4 Å². The van der Waals surface area contributed by atoms with Crippen molar-refractivity contribution in [1.82, 2.24) is 4.57 Å². The number of hydrogen-bond donors (Lipinski definition) is 0. The summed E-state index contributed by atoms with van der Waals surface area (Å²) in [6.45, 7) is 6.80. The molecule has 0 fully saturated rings. The zero-order chi connectivity index (χ0) is 18.4. The monoisotopic (exact) mass is 347 g/mol. The first-order valence-electron chi connectivity index (χ1n) is 9.98. The van der Waals surface area contributed by atoms with Crippen LogP contribution in [0.4, 0.5) is 0 Å². The Morgan fingerprint density at radius 1 is 0.846 bits per heavy atom. The number of benzene rings is 2. The molecule has 2 nitrogen and oxygen atoms in total. The second-order valence-electron chi connectivity index (χ2n) is 7.08. The summed E-state index contributed by atoms with van der Waals surface area (Å²) in [6, 6.07) is 19.5. The van der Waals surface area contributed by atoms with E-state index < -0.39 is 0 Å². The number of nitrogens with zero attached hydrogens (tertiary/aromatic N) is 2. The van der Waals surface area contributed by atoms with Gasteiger partial charge in [0.1, 0.15) is 13.1 Å². The van der Waals surface area contributed by atoms with Crippen molar-refractivity contribution >= 4 is 17.1 Å². The molecule has 0 bridgehead atoms. The van der Waals surface area contributed by atoms with Gasteiger partial charge in [-0.1, -0.05) is 75.2 Å². The van der Waals surface area contributed by atoms with Gasteiger partial charge in [0, 0.05) is 30.8 Å². The Morgan fingerprint density at radius 3 is 2.12 bits per heavy atom. The normalized spacial score (nSPS) is 11.0. The number of fused-ring (bicyclic) bond motifs is 1. The molecule has 3 rings (SSSR count). The van der Waals surface area contributed by atoms with Gasteiger partial charge in [-0.15, -0.1) is 0 Å². The topological polar surface area (TPSA) is 7.94 Å². The third-order valence-electron chi connectivity index (χ3n) is 5.10. The van der Waals surface area contributed by atoms with Crippen molar-refractivity contribution in [3.8, 4) is 11.3 Å². The molecule has 0 aliphatic rings. The molecule has 0 atom stereocenters. The fraction of sp³-hybridized carbons (Fsp3) is 0.375. The van der Waals surface area contributed by atoms with Crippen LogP contribution in [0.15, 0.2) is 54.6 Å². The first kappa shape index (κ1) is 18.4. The number of aryl methyl sites for hydroxylation is 1. The summed E-state index contributed by atoms with van der Waals surface area (Å²) >= 11 is 0. The van der Waals surface area contributed by atoms with Gasteiger partial charge < -0.3 is 4.57 Å². The van der Waals surface area contributed by atoms with E-state index in [0.717, 1.165) is 13.1 Å². The average molecular weight is 348 g/mol. The van der Waals surface area contributed by atoms with E-state index in [2.05, 4.69) is 90.8 Å². The lowest BCUT2D eigenvalue weighted by molar-refractivity contribution is -0.524. The molecule has 26 heavy (non-hydrogen) atoms. The van der Waals surface area contributed by atoms with E-state index in [1.54, 1.807) is 0 Å². The van der Waals surface area contributed by atoms with Crippen LogP contribution >= 0.6 is 0 Å². The lowest BCUT2D eigenvalue weighted by atomic mass is 10.1. The van der Waals surface area contributed by atoms with Crippen molar-refractivity contribution in [2.24, 2.45) is 7.05 Å². The Morgan fingerprint density at radius 2 is 1.46 bits per heavy atom. The highest BCUT2D eigenvalue weighted by atomic mass is 15.0. The van der Waals surface area contributed by atoms with Gasteiger partial charge in [0.2, 0.25) is 0 Å². The first-order valence-corrected chi connectivity index (χ1v) is 9.98. The van der Waals surface area contributed by atoms with Crippen LogP contribution < -0.4 is 0 Å². The third kappa shape index (κ3) is 3.90. The molecule has 0 aliphatic carbocycles. The average Bonchev–Trinajstić information content (AvgIpc) is 2.96. The maximum atomic E-state index is 2.53. The Hall–Kier alpha value is -2.35. The molecule has 0 saturated carbocycles. The van der Waals surface area contributed by atoms with Crippen LogP contribution in [0.2, 0.25) is 0 Å². The van der Waals surface area contributed by atoms with Crippen molar-refractivity contribution in [2.45, 2.75) is 39.5 Å². The third-order valence-corrected chi connectivity index (χ3v) is 5.10. The zero-order valence-corrected chi connectivity index (χ0v) is 16.4. The highest BCUT2D eigenvalue weighted by Crippen LogP contribution is 2.31. The fourth-order valence-corrected chi connectivity index (χ4v) is 3.64. The standard InChI is InChI=1S/C24H31N2/c1-4-6-17-26(18-7-5-2)19-22-21-15-11-12-16-23(21)25(3)24(22)20-13-9-8-10-14-20/h8-16,19H,4-7,17-18H2,1-3H3/q+1. The molecule has 0 unspecified atom stereocenters. The summed E-state index contributed by atoms with van der Waals surface area (Å²) in [5.41, 5.74) is 5.23. The van der Waals surface area contributed by atoms with Crippen LogP contribution in [0.5, 0.6) is 0 Å². The number of unbranched alkanes of at least 4 members (excludes halogenated alkanes) is 2. The summed E-state index contributed by atoms with van der Waals surface area (Å²) in [5, 5.41) is 1.34. The van der Waals surface area contributed by atoms with Gasteiger partial charge in [0.05, 0.1) is 11.3 Å². The second-order valence-corrected chi connectivity index (χ2v) is 7.08. The summed E-state index contributed by atoms with van der Waals surface area (Å²) < 4.78 is 4.87. The van der Waals surface area contributed by atoms with E-state index in [1.807, 2.05) is 0 Å². The lowest BCUT2D eigenvalue weighted by Crippen LogP contribution is -2.17. The van der Waals surface area contributed by atoms with Gasteiger partial charge in [-0.25, -0.2) is 4.58 Å². The minimum absolute atomic E-state index is 1.13. The highest BCUT2D eigenvalue weighted by Gasteiger charge is 2.18. The molecular formula is C24H31N2+. The van der Waals surface area contributed by atoms with Gasteiger partial charge in [0.15, 0.2) is 6.21 Å². The Bertz CT molecular complexity index is 862. The molecule has 0 radical (unpaired) electrons. The quantitative estimate of drug-likeness (QED) is 0.355. The molecular weight excluding hydrogens is 316 g/mol. The largest absolute Gasteiger partial charge is 0.343 e. The summed E-state index contributed by atoms with van der Waals surface area (Å²) in [5.74, 6) is 0. The SMILES string of the molecule is CCCC[N+](=Cc1c(-c2ccccc2)n(C)c2ccccc12)CCCC. The van der Waals surface area contributed by atoms with Gasteiger partial charge in [-0.3, -0.25) is 0 Å². The molecule has 0 aliphatic heterocycles. The van der Waals surface area contributed by atoms with Crippen LogP contribution in [0.1, 0.15) is 45.1 Å². The maximum Gasteiger partial charge on any atom is 0.173 e. The van der Waals surface area contributed by atoms with E-state index in [-0.39, 0.29) is 0 Å². The maximum absolute atomic E-state index is 2.53. The van der Waals surface area contributed by atoms with Gasteiger partial charge in [-0.2, -0.15) is 0 Å². The van der Waals surface area contributed by atoms with E-state index in [9.17, 15) is 0 Å². The van der Waals surface area contributed by atoms with E-state index in [0.29, 0.717) is 0 Å².